The van der Waals surface area contributed by atoms with Crippen LogP contribution in [-0.2, 0) is 17.8 Å². The average Bonchev–Trinajstić information content (AvgIpc) is 3.19. The number of hydrogen-bond donors (Lipinski definition) is 1. The lowest BCUT2D eigenvalue weighted by molar-refractivity contribution is -0.121. The van der Waals surface area contributed by atoms with Crippen molar-refractivity contribution < 1.29 is 14.0 Å². The van der Waals surface area contributed by atoms with Crippen molar-refractivity contribution in [3.63, 3.8) is 0 Å². The number of amides is 2. The number of oxazole rings is 1. The molecule has 3 rings (SSSR count). The van der Waals surface area contributed by atoms with E-state index in [4.69, 9.17) is 16.0 Å². The third-order valence-corrected chi connectivity index (χ3v) is 4.69. The molecule has 1 aromatic heterocycles. The summed E-state index contributed by atoms with van der Waals surface area (Å²) in [6.45, 7) is 0.395. The topological polar surface area (TPSA) is 75.4 Å². The van der Waals surface area contributed by atoms with Crippen molar-refractivity contribution in [1.82, 2.24) is 15.2 Å². The van der Waals surface area contributed by atoms with Gasteiger partial charge in [0.1, 0.15) is 0 Å². The van der Waals surface area contributed by atoms with Gasteiger partial charge in [-0.3, -0.25) is 9.59 Å². The smallest absolute Gasteiger partial charge is 0.253 e. The number of benzene rings is 2. The fourth-order valence-corrected chi connectivity index (χ4v) is 2.97. The maximum Gasteiger partial charge on any atom is 0.253 e. The van der Waals surface area contributed by atoms with Crippen LogP contribution in [0.5, 0.6) is 0 Å². The summed E-state index contributed by atoms with van der Waals surface area (Å²) in [6, 6.07) is 14.6. The molecule has 7 heteroatoms. The number of halogens is 1. The number of hydrogen-bond acceptors (Lipinski definition) is 4. The first kappa shape index (κ1) is 20.6. The van der Waals surface area contributed by atoms with E-state index in [1.165, 1.54) is 4.90 Å². The van der Waals surface area contributed by atoms with E-state index in [1.807, 2.05) is 30.3 Å². The second kappa shape index (κ2) is 9.39. The first-order chi connectivity index (χ1) is 13.9. The molecule has 0 radical (unpaired) electrons. The molecule has 0 atom stereocenters. The fourth-order valence-electron chi connectivity index (χ4n) is 2.74. The number of rotatable bonds is 7. The second-order valence-electron chi connectivity index (χ2n) is 6.77. The lowest BCUT2D eigenvalue weighted by Gasteiger charge is -2.10. The molecule has 0 aliphatic rings. The highest BCUT2D eigenvalue weighted by Crippen LogP contribution is 2.28. The molecule has 1 N–H and O–H groups in total. The molecule has 2 amide bonds. The molecule has 6 nitrogen and oxygen atoms in total. The Labute approximate surface area is 174 Å². The monoisotopic (exact) mass is 411 g/mol. The van der Waals surface area contributed by atoms with Gasteiger partial charge in [-0.25, -0.2) is 4.98 Å². The van der Waals surface area contributed by atoms with Crippen molar-refractivity contribution in [2.24, 2.45) is 0 Å². The van der Waals surface area contributed by atoms with Crippen LogP contribution in [0.3, 0.4) is 0 Å². The van der Waals surface area contributed by atoms with E-state index in [0.29, 0.717) is 35.2 Å². The fraction of sp³-hybridized carbons (Fsp3) is 0.227. The number of nitrogens with one attached hydrogen (secondary N) is 1. The summed E-state index contributed by atoms with van der Waals surface area (Å²) in [4.78, 5) is 29.8. The minimum Gasteiger partial charge on any atom is -0.441 e. The Bertz CT molecular complexity index is 997. The van der Waals surface area contributed by atoms with E-state index >= 15 is 0 Å². The Morgan fingerprint density at radius 1 is 1.10 bits per heavy atom. The van der Waals surface area contributed by atoms with Crippen LogP contribution in [0, 0.1) is 0 Å². The van der Waals surface area contributed by atoms with E-state index in [-0.39, 0.29) is 18.2 Å². The summed E-state index contributed by atoms with van der Waals surface area (Å²) in [5.74, 6) is 0.915. The molecule has 150 valence electrons. The molecule has 0 unspecified atom stereocenters. The minimum absolute atomic E-state index is 0.0531. The van der Waals surface area contributed by atoms with Crippen LogP contribution in [0.1, 0.15) is 28.2 Å². The zero-order valence-electron chi connectivity index (χ0n) is 16.3. The molecule has 0 fully saturated rings. The number of carbonyl (C=O) groups is 2. The van der Waals surface area contributed by atoms with Crippen molar-refractivity contribution in [3.05, 3.63) is 76.8 Å². The van der Waals surface area contributed by atoms with Crippen LogP contribution in [-0.4, -0.2) is 35.8 Å². The summed E-state index contributed by atoms with van der Waals surface area (Å²) in [5.41, 5.74) is 2.31. The Morgan fingerprint density at radius 3 is 2.52 bits per heavy atom. The lowest BCUT2D eigenvalue weighted by Crippen LogP contribution is -2.23. The van der Waals surface area contributed by atoms with Gasteiger partial charge >= 0.3 is 0 Å². The van der Waals surface area contributed by atoms with Crippen LogP contribution in [0.15, 0.2) is 59.1 Å². The highest BCUT2D eigenvalue weighted by molar-refractivity contribution is 6.33. The van der Waals surface area contributed by atoms with Gasteiger partial charge in [-0.1, -0.05) is 35.9 Å². The third kappa shape index (κ3) is 5.45. The van der Waals surface area contributed by atoms with Gasteiger partial charge in [0.25, 0.3) is 5.91 Å². The van der Waals surface area contributed by atoms with E-state index in [1.54, 1.807) is 38.5 Å². The zero-order chi connectivity index (χ0) is 20.8. The van der Waals surface area contributed by atoms with Gasteiger partial charge in [0.2, 0.25) is 5.91 Å². The summed E-state index contributed by atoms with van der Waals surface area (Å²) >= 11 is 6.16. The van der Waals surface area contributed by atoms with Gasteiger partial charge in [0.15, 0.2) is 11.7 Å². The maximum absolute atomic E-state index is 12.1. The largest absolute Gasteiger partial charge is 0.441 e. The van der Waals surface area contributed by atoms with Gasteiger partial charge in [0.05, 0.1) is 11.2 Å². The van der Waals surface area contributed by atoms with E-state index < -0.39 is 0 Å². The first-order valence-electron chi connectivity index (χ1n) is 9.21. The van der Waals surface area contributed by atoms with Crippen LogP contribution in [0.4, 0.5) is 0 Å². The second-order valence-corrected chi connectivity index (χ2v) is 7.18. The van der Waals surface area contributed by atoms with Gasteiger partial charge in [-0.05, 0) is 29.8 Å². The van der Waals surface area contributed by atoms with Gasteiger partial charge in [0, 0.05) is 44.6 Å². The lowest BCUT2D eigenvalue weighted by atomic mass is 10.1. The molecule has 2 aromatic carbocycles. The van der Waals surface area contributed by atoms with E-state index in [0.717, 1.165) is 11.1 Å². The minimum atomic E-state index is -0.101. The Balaban J connectivity index is 1.48. The molecule has 0 spiro atoms. The Morgan fingerprint density at radius 2 is 1.83 bits per heavy atom. The highest BCUT2D eigenvalue weighted by atomic mass is 35.5. The van der Waals surface area contributed by atoms with Crippen LogP contribution in [0.25, 0.3) is 11.3 Å². The number of aromatic nitrogens is 1. The Kier molecular flexibility index (Phi) is 6.67. The molecule has 29 heavy (non-hydrogen) atoms. The molecule has 0 aliphatic heterocycles. The van der Waals surface area contributed by atoms with Gasteiger partial charge in [-0.15, -0.1) is 0 Å². The quantitative estimate of drug-likeness (QED) is 0.638. The number of nitrogens with zero attached hydrogens (tertiary/aromatic N) is 2. The summed E-state index contributed by atoms with van der Waals surface area (Å²) < 4.78 is 5.71. The van der Waals surface area contributed by atoms with Crippen LogP contribution < -0.4 is 5.32 Å². The van der Waals surface area contributed by atoms with Crippen molar-refractivity contribution in [2.75, 3.05) is 14.1 Å². The normalized spacial score (nSPS) is 10.6. The van der Waals surface area contributed by atoms with Crippen LogP contribution in [0.2, 0.25) is 5.02 Å². The average molecular weight is 412 g/mol. The van der Waals surface area contributed by atoms with Crippen molar-refractivity contribution in [2.45, 2.75) is 19.4 Å². The van der Waals surface area contributed by atoms with Crippen molar-refractivity contribution in [1.29, 1.82) is 0 Å². The highest BCUT2D eigenvalue weighted by Gasteiger charge is 2.11. The van der Waals surface area contributed by atoms with E-state index in [2.05, 4.69) is 10.3 Å². The molecule has 1 heterocycles. The molecular weight excluding hydrogens is 390 g/mol. The summed E-state index contributed by atoms with van der Waals surface area (Å²) in [6.07, 6.45) is 2.28. The molecule has 0 bridgehead atoms. The SMILES string of the molecule is CN(C)C(=O)c1ccc(CNC(=O)CCc2ncc(-c3ccccc3Cl)o2)cc1. The standard InChI is InChI=1S/C22H22ClN3O3/c1-26(2)22(28)16-9-7-15(8-10-16)13-24-20(27)11-12-21-25-14-19(29-21)17-5-3-4-6-18(17)23/h3-10,14H,11-13H2,1-2H3,(H,24,27). The van der Waals surface area contributed by atoms with Gasteiger partial charge < -0.3 is 14.6 Å². The summed E-state index contributed by atoms with van der Waals surface area (Å²) in [5, 5.41) is 3.45. The number of carbonyl (C=O) groups excluding carboxylic acids is 2. The molecule has 0 saturated carbocycles. The Hall–Kier alpha value is -3.12. The molecule has 0 saturated heterocycles. The van der Waals surface area contributed by atoms with E-state index in [9.17, 15) is 9.59 Å². The number of aryl methyl sites for hydroxylation is 1. The first-order valence-corrected chi connectivity index (χ1v) is 9.58. The molecule has 3 aromatic rings. The predicted octanol–water partition coefficient (Wildman–Crippen LogP) is 3.95. The van der Waals surface area contributed by atoms with Crippen LogP contribution >= 0.6 is 11.6 Å². The van der Waals surface area contributed by atoms with Crippen molar-refractivity contribution >= 4 is 23.4 Å². The zero-order valence-corrected chi connectivity index (χ0v) is 17.1. The maximum atomic E-state index is 12.1. The molecular formula is C22H22ClN3O3. The molecule has 0 aliphatic carbocycles. The van der Waals surface area contributed by atoms with Crippen molar-refractivity contribution in [3.8, 4) is 11.3 Å². The third-order valence-electron chi connectivity index (χ3n) is 4.36. The predicted molar refractivity (Wildman–Crippen MR) is 112 cm³/mol. The van der Waals surface area contributed by atoms with Gasteiger partial charge in [-0.2, -0.15) is 0 Å². The summed E-state index contributed by atoms with van der Waals surface area (Å²) in [7, 11) is 3.42.